The summed E-state index contributed by atoms with van der Waals surface area (Å²) in [6, 6.07) is 0. The van der Waals surface area contributed by atoms with Crippen LogP contribution in [0.1, 0.15) is 12.8 Å². The molecule has 3 saturated heterocycles. The van der Waals surface area contributed by atoms with E-state index in [1.807, 2.05) is 0 Å². The average Bonchev–Trinajstić information content (AvgIpc) is 2.75. The van der Waals surface area contributed by atoms with E-state index in [4.69, 9.17) is 14.0 Å². The van der Waals surface area contributed by atoms with Crippen LogP contribution in [0.15, 0.2) is 0 Å². The van der Waals surface area contributed by atoms with Gasteiger partial charge in [-0.1, -0.05) is 0 Å². The van der Waals surface area contributed by atoms with Crippen molar-refractivity contribution < 1.29 is 60.7 Å². The molecule has 0 bridgehead atoms. The molecule has 0 aromatic heterocycles. The summed E-state index contributed by atoms with van der Waals surface area (Å²) in [5, 5.41) is 0. The highest BCUT2D eigenvalue weighted by Crippen LogP contribution is 2.27. The minimum atomic E-state index is -3.83. The maximum absolute atomic E-state index is 14.8. The lowest BCUT2D eigenvalue weighted by Crippen LogP contribution is -2.48. The van der Waals surface area contributed by atoms with Gasteiger partial charge in [0.05, 0.1) is 30.5 Å². The van der Waals surface area contributed by atoms with Crippen molar-refractivity contribution in [2.75, 3.05) is 56.9 Å². The summed E-state index contributed by atoms with van der Waals surface area (Å²) in [4.78, 5) is 0. The number of sulfone groups is 1. The quantitative estimate of drug-likeness (QED) is 0.276. The van der Waals surface area contributed by atoms with E-state index in [-0.39, 0.29) is 12.2 Å². The van der Waals surface area contributed by atoms with Crippen LogP contribution in [-0.4, -0.2) is 103 Å². The van der Waals surface area contributed by atoms with Gasteiger partial charge in [0.1, 0.15) is 26.0 Å². The Hall–Kier alpha value is -0.335. The number of rotatable bonds is 9. The first-order valence-electron chi connectivity index (χ1n) is 9.91. The van der Waals surface area contributed by atoms with Gasteiger partial charge in [-0.05, 0) is 6.42 Å². The molecule has 3 atom stereocenters. The third-order valence-electron chi connectivity index (χ3n) is 5.21. The Kier molecular flexibility index (Phi) is 8.87. The number of halogens is 3. The van der Waals surface area contributed by atoms with Crippen LogP contribution < -0.4 is 0 Å². The second-order valence-electron chi connectivity index (χ2n) is 8.23. The Morgan fingerprint density at radius 1 is 0.970 bits per heavy atom. The Morgan fingerprint density at radius 3 is 2.21 bits per heavy atom. The largest absolute Gasteiger partial charge is 0.639 e. The maximum atomic E-state index is 14.8. The van der Waals surface area contributed by atoms with Crippen LogP contribution in [0.2, 0.25) is 0 Å². The van der Waals surface area contributed by atoms with E-state index >= 15 is 0 Å². The van der Waals surface area contributed by atoms with E-state index in [9.17, 15) is 34.2 Å². The topological polar surface area (TPSA) is 141 Å². The highest BCUT2D eigenvalue weighted by Gasteiger charge is 2.43. The van der Waals surface area contributed by atoms with Crippen molar-refractivity contribution in [2.24, 2.45) is 5.92 Å². The average molecular weight is 544 g/mol. The van der Waals surface area contributed by atoms with Crippen molar-refractivity contribution in [3.63, 3.8) is 0 Å². The minimum absolute atomic E-state index is 0.207. The first kappa shape index (κ1) is 27.3. The zero-order chi connectivity index (χ0) is 24.3. The molecule has 11 nitrogen and oxygen atoms in total. The van der Waals surface area contributed by atoms with E-state index in [1.165, 1.54) is 0 Å². The Balaban J connectivity index is 1.59. The minimum Gasteiger partial charge on any atom is -0.385 e. The predicted molar refractivity (Wildman–Crippen MR) is 107 cm³/mol. The van der Waals surface area contributed by atoms with E-state index in [2.05, 4.69) is 12.5 Å². The molecule has 3 unspecified atom stereocenters. The molecule has 0 amide bonds. The third kappa shape index (κ3) is 8.38. The van der Waals surface area contributed by atoms with Crippen LogP contribution in [0.5, 0.6) is 0 Å². The summed E-state index contributed by atoms with van der Waals surface area (Å²) in [6.45, 7) is -4.09. The molecule has 0 radical (unpaired) electrons. The van der Waals surface area contributed by atoms with Gasteiger partial charge in [0.2, 0.25) is 0 Å². The normalized spacial score (nSPS) is 38.6. The van der Waals surface area contributed by atoms with Crippen LogP contribution >= 0.6 is 0 Å². The number of hydrogen-bond donors (Lipinski definition) is 0. The molecule has 3 fully saturated rings. The molecule has 192 valence electrons. The summed E-state index contributed by atoms with van der Waals surface area (Å²) in [6.07, 6.45) is -2.11. The summed E-state index contributed by atoms with van der Waals surface area (Å²) >= 11 is -2.11. The van der Waals surface area contributed by atoms with Gasteiger partial charge < -0.3 is 14.0 Å². The second-order valence-corrected chi connectivity index (χ2v) is 13.1. The van der Waals surface area contributed by atoms with Crippen LogP contribution in [0.4, 0.5) is 13.2 Å². The van der Waals surface area contributed by atoms with Crippen molar-refractivity contribution in [1.82, 2.24) is 0 Å². The first-order valence-corrected chi connectivity index (χ1v) is 14.3. The molecule has 0 saturated carbocycles. The number of alkyl halides is 3. The zero-order valence-electron chi connectivity index (χ0n) is 17.4. The van der Waals surface area contributed by atoms with Crippen LogP contribution in [0, 0.1) is 5.92 Å². The molecule has 3 aliphatic rings. The lowest BCUT2D eigenvalue weighted by Gasteiger charge is -2.31. The van der Waals surface area contributed by atoms with Crippen LogP contribution in [0.3, 0.4) is 0 Å². The lowest BCUT2D eigenvalue weighted by atomic mass is 10.0. The molecule has 3 aliphatic heterocycles. The first-order chi connectivity index (χ1) is 15.3. The molecular formula is C15H24BF3O11S3. The molecule has 33 heavy (non-hydrogen) atoms. The van der Waals surface area contributed by atoms with E-state index < -0.39 is 120 Å². The van der Waals surface area contributed by atoms with Gasteiger partial charge in [0.15, 0.2) is 21.2 Å². The molecule has 0 aliphatic carbocycles. The van der Waals surface area contributed by atoms with Crippen molar-refractivity contribution in [2.45, 2.75) is 30.4 Å². The molecule has 0 aromatic rings. The summed E-state index contributed by atoms with van der Waals surface area (Å²) < 4.78 is 130. The standard InChI is InChI=1S/C15H24BF3O11S3/c17-13-1-3-32(21,22)6-12(13)5-25-16(27-8-15(19)9-28-31(20)29-10-15)26-7-14(18)2-4-33(23,24)30-11-14/h12-13H,1-11H2. The molecule has 3 heterocycles. The second kappa shape index (κ2) is 10.7. The van der Waals surface area contributed by atoms with Crippen molar-refractivity contribution in [3.8, 4) is 0 Å². The maximum Gasteiger partial charge on any atom is 0.639 e. The molecule has 0 spiro atoms. The Morgan fingerprint density at radius 2 is 1.61 bits per heavy atom. The molecule has 18 heteroatoms. The zero-order valence-corrected chi connectivity index (χ0v) is 19.8. The fourth-order valence-corrected chi connectivity index (χ4v) is 6.71. The monoisotopic (exact) mass is 544 g/mol. The molecule has 0 aromatic carbocycles. The van der Waals surface area contributed by atoms with Gasteiger partial charge in [-0.2, -0.15) is 12.6 Å². The van der Waals surface area contributed by atoms with Gasteiger partial charge >= 0.3 is 18.7 Å². The SMILES string of the molecule is O=S1OCC(F)(COB(OCC2CS(=O)(=O)CCC2F)OCC2(F)CCS(=O)(=O)OC2)CO1. The van der Waals surface area contributed by atoms with Gasteiger partial charge in [-0.25, -0.2) is 21.6 Å². The molecule has 3 rings (SSSR count). The van der Waals surface area contributed by atoms with Crippen molar-refractivity contribution in [1.29, 1.82) is 0 Å². The lowest BCUT2D eigenvalue weighted by molar-refractivity contribution is -0.0536. The summed E-state index contributed by atoms with van der Waals surface area (Å²) in [5.41, 5.74) is -4.46. The van der Waals surface area contributed by atoms with E-state index in [0.717, 1.165) is 0 Å². The van der Waals surface area contributed by atoms with Crippen LogP contribution in [0.25, 0.3) is 0 Å². The van der Waals surface area contributed by atoms with Gasteiger partial charge in [0.25, 0.3) is 10.1 Å². The fourth-order valence-electron chi connectivity index (χ4n) is 3.19. The fraction of sp³-hybridized carbons (Fsp3) is 1.00. The number of hydrogen-bond acceptors (Lipinski definition) is 11. The Labute approximate surface area is 192 Å². The van der Waals surface area contributed by atoms with E-state index in [0.29, 0.717) is 0 Å². The molecular weight excluding hydrogens is 520 g/mol. The van der Waals surface area contributed by atoms with Crippen LogP contribution in [-0.2, 0) is 57.8 Å². The summed E-state index contributed by atoms with van der Waals surface area (Å²) in [5.74, 6) is -2.38. The highest BCUT2D eigenvalue weighted by atomic mass is 32.2. The van der Waals surface area contributed by atoms with Gasteiger partial charge in [-0.3, -0.25) is 12.5 Å². The highest BCUT2D eigenvalue weighted by molar-refractivity contribution is 7.91. The van der Waals surface area contributed by atoms with Gasteiger partial charge in [-0.15, -0.1) is 0 Å². The van der Waals surface area contributed by atoms with E-state index in [1.54, 1.807) is 0 Å². The smallest absolute Gasteiger partial charge is 0.385 e. The van der Waals surface area contributed by atoms with Crippen molar-refractivity contribution >= 4 is 38.6 Å². The van der Waals surface area contributed by atoms with Gasteiger partial charge in [0, 0.05) is 18.9 Å². The summed E-state index contributed by atoms with van der Waals surface area (Å²) in [7, 11) is -9.05. The molecule has 0 N–H and O–H groups in total. The third-order valence-corrected chi connectivity index (χ3v) is 8.81. The predicted octanol–water partition coefficient (Wildman–Crippen LogP) is -0.414. The Bertz CT molecular complexity index is 895. The van der Waals surface area contributed by atoms with Crippen molar-refractivity contribution in [3.05, 3.63) is 0 Å².